The summed E-state index contributed by atoms with van der Waals surface area (Å²) in [4.78, 5) is 24.4. The van der Waals surface area contributed by atoms with E-state index < -0.39 is 0 Å². The van der Waals surface area contributed by atoms with Crippen molar-refractivity contribution < 1.29 is 4.92 Å². The lowest BCUT2D eigenvalue weighted by Crippen LogP contribution is -1.94. The fourth-order valence-electron chi connectivity index (χ4n) is 3.64. The molecular weight excluding hydrogens is 412 g/mol. The minimum absolute atomic E-state index is 0.0747. The van der Waals surface area contributed by atoms with Crippen LogP contribution in [0.4, 0.5) is 5.69 Å². The number of rotatable bonds is 5. The van der Waals surface area contributed by atoms with E-state index in [4.69, 9.17) is 4.98 Å². The van der Waals surface area contributed by atoms with Crippen molar-refractivity contribution in [2.24, 2.45) is 0 Å². The van der Waals surface area contributed by atoms with Gasteiger partial charge in [-0.1, -0.05) is 48.5 Å². The number of benzene rings is 2. The molecule has 0 saturated heterocycles. The summed E-state index contributed by atoms with van der Waals surface area (Å²) >= 11 is 0. The Kier molecular flexibility index (Phi) is 5.39. The molecule has 6 heteroatoms. The number of hydrogen-bond acceptors (Lipinski definition) is 5. The van der Waals surface area contributed by atoms with Gasteiger partial charge in [0.05, 0.1) is 27.7 Å². The molecular formula is C27H18N4O2. The van der Waals surface area contributed by atoms with E-state index in [1.807, 2.05) is 78.9 Å². The second-order valence-corrected chi connectivity index (χ2v) is 7.44. The molecule has 0 aliphatic rings. The largest absolute Gasteiger partial charge is 0.270 e. The van der Waals surface area contributed by atoms with Crippen LogP contribution in [-0.2, 0) is 0 Å². The van der Waals surface area contributed by atoms with Crippen LogP contribution in [0.1, 0.15) is 0 Å². The lowest BCUT2D eigenvalue weighted by atomic mass is 9.99. The van der Waals surface area contributed by atoms with Crippen LogP contribution in [0, 0.1) is 10.1 Å². The van der Waals surface area contributed by atoms with Gasteiger partial charge in [-0.05, 0) is 58.7 Å². The average molecular weight is 430 g/mol. The number of nitro benzene ring substituents is 1. The molecule has 3 aromatic heterocycles. The Bertz CT molecular complexity index is 1360. The maximum atomic E-state index is 11.1. The topological polar surface area (TPSA) is 81.8 Å². The van der Waals surface area contributed by atoms with Gasteiger partial charge in [-0.15, -0.1) is 0 Å². The van der Waals surface area contributed by atoms with Gasteiger partial charge in [-0.2, -0.15) is 0 Å². The summed E-state index contributed by atoms with van der Waals surface area (Å²) in [5, 5.41) is 11.1. The van der Waals surface area contributed by atoms with Crippen molar-refractivity contribution in [1.29, 1.82) is 0 Å². The number of hydrogen-bond donors (Lipinski definition) is 0. The molecule has 0 fully saturated rings. The molecule has 5 aromatic rings. The third-order valence-electron chi connectivity index (χ3n) is 5.29. The SMILES string of the molecule is O=[N+]([O-])c1cccc(-c2ccc(-c3cc(-c4ccccn4)nc(-c4ccccn4)c3)cc2)c1. The van der Waals surface area contributed by atoms with Crippen LogP contribution >= 0.6 is 0 Å². The summed E-state index contributed by atoms with van der Waals surface area (Å²) in [6.45, 7) is 0. The molecule has 3 heterocycles. The molecule has 158 valence electrons. The van der Waals surface area contributed by atoms with Crippen molar-refractivity contribution >= 4 is 5.69 Å². The molecule has 0 saturated carbocycles. The van der Waals surface area contributed by atoms with E-state index in [1.165, 1.54) is 6.07 Å². The van der Waals surface area contributed by atoms with Crippen molar-refractivity contribution in [1.82, 2.24) is 15.0 Å². The van der Waals surface area contributed by atoms with Crippen LogP contribution in [-0.4, -0.2) is 19.9 Å². The predicted octanol–water partition coefficient (Wildman–Crippen LogP) is 6.45. The van der Waals surface area contributed by atoms with E-state index in [0.29, 0.717) is 0 Å². The second-order valence-electron chi connectivity index (χ2n) is 7.44. The number of pyridine rings is 3. The maximum Gasteiger partial charge on any atom is 0.270 e. The highest BCUT2D eigenvalue weighted by atomic mass is 16.6. The predicted molar refractivity (Wildman–Crippen MR) is 128 cm³/mol. The van der Waals surface area contributed by atoms with Gasteiger partial charge in [-0.3, -0.25) is 20.1 Å². The van der Waals surface area contributed by atoms with Gasteiger partial charge in [0, 0.05) is 24.5 Å². The lowest BCUT2D eigenvalue weighted by molar-refractivity contribution is -0.384. The molecule has 5 rings (SSSR count). The quantitative estimate of drug-likeness (QED) is 0.236. The summed E-state index contributed by atoms with van der Waals surface area (Å²) in [7, 11) is 0. The Balaban J connectivity index is 1.57. The molecule has 2 aromatic carbocycles. The maximum absolute atomic E-state index is 11.1. The van der Waals surface area contributed by atoms with Gasteiger partial charge < -0.3 is 0 Å². The molecule has 0 unspecified atom stereocenters. The van der Waals surface area contributed by atoms with Crippen molar-refractivity contribution in [2.45, 2.75) is 0 Å². The minimum Gasteiger partial charge on any atom is -0.258 e. The lowest BCUT2D eigenvalue weighted by Gasteiger charge is -2.10. The van der Waals surface area contributed by atoms with E-state index in [9.17, 15) is 10.1 Å². The highest BCUT2D eigenvalue weighted by Crippen LogP contribution is 2.31. The van der Waals surface area contributed by atoms with Crippen molar-refractivity contribution in [2.75, 3.05) is 0 Å². The number of aromatic nitrogens is 3. The standard InChI is InChI=1S/C27H18N4O2/c32-31(33)23-7-5-6-21(16-23)19-10-12-20(13-11-19)22-17-26(24-8-1-3-14-28-24)30-27(18-22)25-9-2-4-15-29-25/h1-18H. The Morgan fingerprint density at radius 2 is 1.12 bits per heavy atom. The summed E-state index contributed by atoms with van der Waals surface area (Å²) in [5.41, 5.74) is 6.85. The highest BCUT2D eigenvalue weighted by molar-refractivity contribution is 5.77. The van der Waals surface area contributed by atoms with Gasteiger partial charge in [0.25, 0.3) is 5.69 Å². The van der Waals surface area contributed by atoms with Crippen LogP contribution in [0.2, 0.25) is 0 Å². The smallest absolute Gasteiger partial charge is 0.258 e. The summed E-state index contributed by atoms with van der Waals surface area (Å²) in [6.07, 6.45) is 3.50. The molecule has 0 aliphatic carbocycles. The van der Waals surface area contributed by atoms with Crippen molar-refractivity contribution in [3.8, 4) is 45.0 Å². The molecule has 0 spiro atoms. The van der Waals surface area contributed by atoms with Gasteiger partial charge in [0.15, 0.2) is 0 Å². The van der Waals surface area contributed by atoms with Crippen molar-refractivity contribution in [3.05, 3.63) is 120 Å². The Labute approximate surface area is 190 Å². The zero-order valence-electron chi connectivity index (χ0n) is 17.5. The molecule has 6 nitrogen and oxygen atoms in total. The van der Waals surface area contributed by atoms with Crippen LogP contribution in [0.3, 0.4) is 0 Å². The van der Waals surface area contributed by atoms with Crippen LogP contribution in [0.25, 0.3) is 45.0 Å². The van der Waals surface area contributed by atoms with E-state index in [1.54, 1.807) is 24.5 Å². The van der Waals surface area contributed by atoms with Crippen LogP contribution in [0.5, 0.6) is 0 Å². The van der Waals surface area contributed by atoms with Crippen LogP contribution < -0.4 is 0 Å². The summed E-state index contributed by atoms with van der Waals surface area (Å²) < 4.78 is 0. The first-order valence-electron chi connectivity index (χ1n) is 10.4. The fraction of sp³-hybridized carbons (Fsp3) is 0. The Hall–Kier alpha value is -4.71. The highest BCUT2D eigenvalue weighted by Gasteiger charge is 2.11. The van der Waals surface area contributed by atoms with Gasteiger partial charge in [0.1, 0.15) is 0 Å². The number of nitrogens with zero attached hydrogens (tertiary/aromatic N) is 4. The number of non-ortho nitro benzene ring substituents is 1. The fourth-order valence-corrected chi connectivity index (χ4v) is 3.64. The third kappa shape index (κ3) is 4.36. The monoisotopic (exact) mass is 430 g/mol. The van der Waals surface area contributed by atoms with Gasteiger partial charge in [-0.25, -0.2) is 4.98 Å². The molecule has 33 heavy (non-hydrogen) atoms. The molecule has 0 bridgehead atoms. The van der Waals surface area contributed by atoms with Crippen LogP contribution in [0.15, 0.2) is 109 Å². The first-order valence-corrected chi connectivity index (χ1v) is 10.4. The molecule has 0 radical (unpaired) electrons. The first-order chi connectivity index (χ1) is 16.2. The molecule has 0 amide bonds. The molecule has 0 N–H and O–H groups in total. The second kappa shape index (κ2) is 8.80. The van der Waals surface area contributed by atoms with Crippen molar-refractivity contribution in [3.63, 3.8) is 0 Å². The Morgan fingerprint density at radius 3 is 1.64 bits per heavy atom. The van der Waals surface area contributed by atoms with E-state index in [2.05, 4.69) is 9.97 Å². The minimum atomic E-state index is -0.382. The summed E-state index contributed by atoms with van der Waals surface area (Å²) in [5.74, 6) is 0. The van der Waals surface area contributed by atoms with E-state index in [0.717, 1.165) is 45.0 Å². The van der Waals surface area contributed by atoms with Gasteiger partial charge in [0.2, 0.25) is 0 Å². The Morgan fingerprint density at radius 1 is 0.545 bits per heavy atom. The molecule has 0 atom stereocenters. The van der Waals surface area contributed by atoms with Gasteiger partial charge >= 0.3 is 0 Å². The average Bonchev–Trinajstić information content (AvgIpc) is 2.89. The number of nitro groups is 1. The zero-order chi connectivity index (χ0) is 22.6. The zero-order valence-corrected chi connectivity index (χ0v) is 17.5. The normalized spacial score (nSPS) is 10.7. The summed E-state index contributed by atoms with van der Waals surface area (Å²) in [6, 6.07) is 30.1. The third-order valence-corrected chi connectivity index (χ3v) is 5.29. The van der Waals surface area contributed by atoms with E-state index >= 15 is 0 Å². The van der Waals surface area contributed by atoms with E-state index in [-0.39, 0.29) is 10.6 Å². The first kappa shape index (κ1) is 20.2. The molecule has 0 aliphatic heterocycles.